The van der Waals surface area contributed by atoms with Crippen LogP contribution in [0.1, 0.15) is 13.8 Å². The van der Waals surface area contributed by atoms with Gasteiger partial charge >= 0.3 is 6.03 Å². The molecule has 1 aromatic carbocycles. The standard InChI is InChI=1S/C13H16N4O3/c1-13(2)11(19)17(12(20)16-13)7-10(18)15-9-5-3-8(14)4-6-9/h3-6H,7,14H2,1-2H3,(H,15,18)(H,16,20). The van der Waals surface area contributed by atoms with Gasteiger partial charge in [0.1, 0.15) is 12.1 Å². The molecule has 7 nitrogen and oxygen atoms in total. The molecule has 4 N–H and O–H groups in total. The summed E-state index contributed by atoms with van der Waals surface area (Å²) in [7, 11) is 0. The minimum atomic E-state index is -0.974. The van der Waals surface area contributed by atoms with E-state index in [0.29, 0.717) is 11.4 Å². The molecule has 0 aliphatic carbocycles. The molecule has 0 radical (unpaired) electrons. The number of hydrogen-bond donors (Lipinski definition) is 3. The fourth-order valence-corrected chi connectivity index (χ4v) is 1.87. The van der Waals surface area contributed by atoms with Crippen LogP contribution in [-0.2, 0) is 9.59 Å². The zero-order valence-electron chi connectivity index (χ0n) is 11.3. The number of rotatable bonds is 3. The summed E-state index contributed by atoms with van der Waals surface area (Å²) < 4.78 is 0. The number of benzene rings is 1. The summed E-state index contributed by atoms with van der Waals surface area (Å²) >= 11 is 0. The van der Waals surface area contributed by atoms with Crippen LogP contribution in [0.15, 0.2) is 24.3 Å². The summed E-state index contributed by atoms with van der Waals surface area (Å²) in [4.78, 5) is 36.3. The summed E-state index contributed by atoms with van der Waals surface area (Å²) in [5.41, 5.74) is 5.70. The van der Waals surface area contributed by atoms with Gasteiger partial charge < -0.3 is 16.4 Å². The number of nitrogens with zero attached hydrogens (tertiary/aromatic N) is 1. The van der Waals surface area contributed by atoms with Gasteiger partial charge in [-0.2, -0.15) is 0 Å². The largest absolute Gasteiger partial charge is 0.399 e. The lowest BCUT2D eigenvalue weighted by Crippen LogP contribution is -2.41. The van der Waals surface area contributed by atoms with Gasteiger partial charge in [-0.05, 0) is 38.1 Å². The monoisotopic (exact) mass is 276 g/mol. The summed E-state index contributed by atoms with van der Waals surface area (Å²) in [6.45, 7) is 2.86. The summed E-state index contributed by atoms with van der Waals surface area (Å²) in [5.74, 6) is -0.870. The molecule has 1 saturated heterocycles. The van der Waals surface area contributed by atoms with Gasteiger partial charge in [0.15, 0.2) is 0 Å². The third-order valence-electron chi connectivity index (χ3n) is 2.94. The topological polar surface area (TPSA) is 105 Å². The van der Waals surface area contributed by atoms with Crippen LogP contribution in [0, 0.1) is 0 Å². The molecule has 0 saturated carbocycles. The molecule has 0 spiro atoms. The van der Waals surface area contributed by atoms with Crippen LogP contribution < -0.4 is 16.4 Å². The molecule has 0 aromatic heterocycles. The van der Waals surface area contributed by atoms with Crippen LogP contribution in [0.4, 0.5) is 16.2 Å². The number of carbonyl (C=O) groups is 3. The third kappa shape index (κ3) is 2.71. The number of hydrogen-bond acceptors (Lipinski definition) is 4. The van der Waals surface area contributed by atoms with Gasteiger partial charge in [-0.1, -0.05) is 0 Å². The number of imide groups is 1. The van der Waals surface area contributed by atoms with Crippen molar-refractivity contribution in [3.8, 4) is 0 Å². The first-order valence-corrected chi connectivity index (χ1v) is 6.09. The van der Waals surface area contributed by atoms with Crippen LogP contribution in [-0.4, -0.2) is 34.8 Å². The van der Waals surface area contributed by atoms with E-state index in [1.807, 2.05) is 0 Å². The maximum atomic E-state index is 11.9. The lowest BCUT2D eigenvalue weighted by Gasteiger charge is -2.15. The van der Waals surface area contributed by atoms with Crippen molar-refractivity contribution in [1.29, 1.82) is 0 Å². The molecule has 1 aromatic rings. The van der Waals surface area contributed by atoms with Crippen molar-refractivity contribution in [3.63, 3.8) is 0 Å². The van der Waals surface area contributed by atoms with Crippen LogP contribution in [0.5, 0.6) is 0 Å². The van der Waals surface area contributed by atoms with Crippen molar-refractivity contribution in [2.75, 3.05) is 17.6 Å². The summed E-state index contributed by atoms with van der Waals surface area (Å²) in [5, 5.41) is 5.11. The van der Waals surface area contributed by atoms with E-state index in [1.165, 1.54) is 0 Å². The Morgan fingerprint density at radius 2 is 1.90 bits per heavy atom. The molecule has 1 heterocycles. The Hall–Kier alpha value is -2.57. The number of nitrogens with one attached hydrogen (secondary N) is 2. The van der Waals surface area contributed by atoms with E-state index in [9.17, 15) is 14.4 Å². The maximum Gasteiger partial charge on any atom is 0.325 e. The van der Waals surface area contributed by atoms with Gasteiger partial charge in [-0.15, -0.1) is 0 Å². The van der Waals surface area contributed by atoms with Gasteiger partial charge in [-0.25, -0.2) is 4.79 Å². The van der Waals surface area contributed by atoms with Crippen LogP contribution >= 0.6 is 0 Å². The fourth-order valence-electron chi connectivity index (χ4n) is 1.87. The zero-order valence-corrected chi connectivity index (χ0v) is 11.3. The smallest absolute Gasteiger partial charge is 0.325 e. The normalized spacial score (nSPS) is 17.0. The second kappa shape index (κ2) is 4.84. The predicted octanol–water partition coefficient (Wildman–Crippen LogP) is 0.538. The maximum absolute atomic E-state index is 11.9. The Morgan fingerprint density at radius 1 is 1.30 bits per heavy atom. The van der Waals surface area contributed by atoms with E-state index in [-0.39, 0.29) is 6.54 Å². The predicted molar refractivity (Wildman–Crippen MR) is 73.8 cm³/mol. The van der Waals surface area contributed by atoms with Crippen molar-refractivity contribution in [2.24, 2.45) is 0 Å². The summed E-state index contributed by atoms with van der Waals surface area (Å²) in [6.07, 6.45) is 0. The molecule has 1 fully saturated rings. The molecule has 7 heteroatoms. The van der Waals surface area contributed by atoms with Gasteiger partial charge in [0.05, 0.1) is 0 Å². The van der Waals surface area contributed by atoms with Gasteiger partial charge in [0, 0.05) is 11.4 Å². The average molecular weight is 276 g/mol. The second-order valence-corrected chi connectivity index (χ2v) is 5.12. The Bertz CT molecular complexity index is 565. The third-order valence-corrected chi connectivity index (χ3v) is 2.94. The van der Waals surface area contributed by atoms with E-state index in [0.717, 1.165) is 4.90 Å². The Morgan fingerprint density at radius 3 is 2.40 bits per heavy atom. The van der Waals surface area contributed by atoms with Crippen molar-refractivity contribution < 1.29 is 14.4 Å². The van der Waals surface area contributed by atoms with E-state index < -0.39 is 23.4 Å². The van der Waals surface area contributed by atoms with Crippen molar-refractivity contribution >= 4 is 29.2 Å². The molecule has 1 aliphatic rings. The molecule has 0 unspecified atom stereocenters. The average Bonchev–Trinajstić information content (AvgIpc) is 2.55. The first-order valence-electron chi connectivity index (χ1n) is 6.09. The Labute approximate surface area is 116 Å². The summed E-state index contributed by atoms with van der Waals surface area (Å²) in [6, 6.07) is 6.01. The van der Waals surface area contributed by atoms with Crippen LogP contribution in [0.2, 0.25) is 0 Å². The SMILES string of the molecule is CC1(C)NC(=O)N(CC(=O)Nc2ccc(N)cc2)C1=O. The number of nitrogen functional groups attached to an aromatic ring is 1. The lowest BCUT2D eigenvalue weighted by molar-refractivity contribution is -0.132. The highest BCUT2D eigenvalue weighted by atomic mass is 16.2. The van der Waals surface area contributed by atoms with Gasteiger partial charge in [-0.3, -0.25) is 14.5 Å². The van der Waals surface area contributed by atoms with Gasteiger partial charge in [0.25, 0.3) is 5.91 Å². The number of carbonyl (C=O) groups excluding carboxylic acids is 3. The van der Waals surface area contributed by atoms with Gasteiger partial charge in [0.2, 0.25) is 5.91 Å². The quantitative estimate of drug-likeness (QED) is 0.553. The number of nitrogens with two attached hydrogens (primary N) is 1. The van der Waals surface area contributed by atoms with E-state index in [1.54, 1.807) is 38.1 Å². The number of amides is 4. The Kier molecular flexibility index (Phi) is 3.35. The molecule has 20 heavy (non-hydrogen) atoms. The molecule has 1 aliphatic heterocycles. The van der Waals surface area contributed by atoms with E-state index in [4.69, 9.17) is 5.73 Å². The molecule has 0 atom stereocenters. The molecule has 4 amide bonds. The lowest BCUT2D eigenvalue weighted by atomic mass is 10.1. The minimum absolute atomic E-state index is 0.321. The number of urea groups is 1. The van der Waals surface area contributed by atoms with Crippen LogP contribution in [0.3, 0.4) is 0 Å². The molecule has 106 valence electrons. The Balaban J connectivity index is 2.00. The van der Waals surface area contributed by atoms with Crippen molar-refractivity contribution in [2.45, 2.75) is 19.4 Å². The molecule has 2 rings (SSSR count). The second-order valence-electron chi connectivity index (χ2n) is 5.12. The molecular weight excluding hydrogens is 260 g/mol. The zero-order chi connectivity index (χ0) is 14.9. The minimum Gasteiger partial charge on any atom is -0.399 e. The molecular formula is C13H16N4O3. The highest BCUT2D eigenvalue weighted by molar-refractivity contribution is 6.09. The number of anilines is 2. The first kappa shape index (κ1) is 13.9. The first-order chi connectivity index (χ1) is 9.29. The van der Waals surface area contributed by atoms with Crippen molar-refractivity contribution in [3.05, 3.63) is 24.3 Å². The highest BCUT2D eigenvalue weighted by Gasteiger charge is 2.44. The van der Waals surface area contributed by atoms with Crippen molar-refractivity contribution in [1.82, 2.24) is 10.2 Å². The van der Waals surface area contributed by atoms with Crippen LogP contribution in [0.25, 0.3) is 0 Å². The molecule has 0 bridgehead atoms. The van der Waals surface area contributed by atoms with E-state index in [2.05, 4.69) is 10.6 Å². The van der Waals surface area contributed by atoms with E-state index >= 15 is 0 Å². The highest BCUT2D eigenvalue weighted by Crippen LogP contribution is 2.16. The fraction of sp³-hybridized carbons (Fsp3) is 0.308.